The van der Waals surface area contributed by atoms with Gasteiger partial charge in [0.2, 0.25) is 0 Å². The molecule has 2 heterocycles. The van der Waals surface area contributed by atoms with Crippen molar-refractivity contribution in [2.45, 2.75) is 13.1 Å². The Balaban J connectivity index is 2.33. The van der Waals surface area contributed by atoms with Crippen LogP contribution in [0.25, 0.3) is 22.0 Å². The summed E-state index contributed by atoms with van der Waals surface area (Å²) in [6, 6.07) is 6.52. The molecule has 0 fully saturated rings. The van der Waals surface area contributed by atoms with E-state index < -0.39 is 23.4 Å². The monoisotopic (exact) mass is 349 g/mol. The number of aromatic nitrogens is 3. The van der Waals surface area contributed by atoms with Crippen LogP contribution in [-0.4, -0.2) is 27.3 Å². The standard InChI is InChI=1S/C17H14F3N3O2/c1-3-25-16(24)15-13(17(18,19)20)14(22-23(15)2)12-6-4-5-10-9-21-8-7-11(10)12/h4-9H,3H2,1-2H3. The smallest absolute Gasteiger partial charge is 0.420 e. The molecule has 0 aliphatic heterocycles. The lowest BCUT2D eigenvalue weighted by molar-refractivity contribution is -0.137. The Kier molecular flexibility index (Phi) is 4.20. The second-order valence-corrected chi connectivity index (χ2v) is 5.32. The second kappa shape index (κ2) is 6.19. The SMILES string of the molecule is CCOC(=O)c1c(C(F)(F)F)c(-c2cccc3cnccc23)nn1C. The fourth-order valence-electron chi connectivity index (χ4n) is 2.74. The van der Waals surface area contributed by atoms with Gasteiger partial charge >= 0.3 is 12.1 Å². The zero-order valence-corrected chi connectivity index (χ0v) is 13.5. The normalized spacial score (nSPS) is 11.7. The van der Waals surface area contributed by atoms with Crippen LogP contribution in [0.2, 0.25) is 0 Å². The molecular weight excluding hydrogens is 335 g/mol. The van der Waals surface area contributed by atoms with Gasteiger partial charge in [-0.15, -0.1) is 0 Å². The van der Waals surface area contributed by atoms with E-state index in [1.54, 1.807) is 24.4 Å². The lowest BCUT2D eigenvalue weighted by atomic mass is 10.00. The summed E-state index contributed by atoms with van der Waals surface area (Å²) in [7, 11) is 1.29. The van der Waals surface area contributed by atoms with Crippen molar-refractivity contribution in [3.8, 4) is 11.3 Å². The molecule has 0 bridgehead atoms. The fourth-order valence-corrected chi connectivity index (χ4v) is 2.74. The van der Waals surface area contributed by atoms with Crippen molar-refractivity contribution < 1.29 is 22.7 Å². The molecule has 2 aromatic heterocycles. The molecule has 3 rings (SSSR count). The van der Waals surface area contributed by atoms with Gasteiger partial charge in [-0.25, -0.2) is 4.79 Å². The van der Waals surface area contributed by atoms with Gasteiger partial charge in [0.05, 0.1) is 6.61 Å². The van der Waals surface area contributed by atoms with Crippen LogP contribution in [0, 0.1) is 0 Å². The largest absolute Gasteiger partial charge is 0.461 e. The Morgan fingerprint density at radius 2 is 2.04 bits per heavy atom. The lowest BCUT2D eigenvalue weighted by Gasteiger charge is -2.11. The van der Waals surface area contributed by atoms with Crippen LogP contribution in [0.1, 0.15) is 23.0 Å². The van der Waals surface area contributed by atoms with Crippen molar-refractivity contribution in [2.75, 3.05) is 6.61 Å². The summed E-state index contributed by atoms with van der Waals surface area (Å²) in [6.45, 7) is 1.50. The molecule has 0 atom stereocenters. The number of aryl methyl sites for hydroxylation is 1. The third-order valence-corrected chi connectivity index (χ3v) is 3.74. The highest BCUT2D eigenvalue weighted by molar-refractivity contribution is 5.98. The topological polar surface area (TPSA) is 57.0 Å². The molecule has 0 aliphatic rings. The van der Waals surface area contributed by atoms with E-state index in [1.807, 2.05) is 0 Å². The van der Waals surface area contributed by atoms with Crippen molar-refractivity contribution in [1.29, 1.82) is 0 Å². The van der Waals surface area contributed by atoms with E-state index in [9.17, 15) is 18.0 Å². The number of pyridine rings is 1. The van der Waals surface area contributed by atoms with Crippen LogP contribution in [0.15, 0.2) is 36.7 Å². The van der Waals surface area contributed by atoms with Gasteiger partial charge < -0.3 is 4.74 Å². The highest BCUT2D eigenvalue weighted by Gasteiger charge is 2.42. The summed E-state index contributed by atoms with van der Waals surface area (Å²) in [4.78, 5) is 16.0. The summed E-state index contributed by atoms with van der Waals surface area (Å²) in [5.74, 6) is -1.06. The van der Waals surface area contributed by atoms with E-state index in [2.05, 4.69) is 10.1 Å². The first-order valence-corrected chi connectivity index (χ1v) is 7.49. The third-order valence-electron chi connectivity index (χ3n) is 3.74. The highest BCUT2D eigenvalue weighted by atomic mass is 19.4. The van der Waals surface area contributed by atoms with E-state index in [-0.39, 0.29) is 17.9 Å². The maximum atomic E-state index is 13.7. The number of hydrogen-bond donors (Lipinski definition) is 0. The zero-order chi connectivity index (χ0) is 18.2. The Bertz CT molecular complexity index is 943. The van der Waals surface area contributed by atoms with Crippen LogP contribution in [-0.2, 0) is 18.0 Å². The molecule has 25 heavy (non-hydrogen) atoms. The van der Waals surface area contributed by atoms with Crippen LogP contribution < -0.4 is 0 Å². The zero-order valence-electron chi connectivity index (χ0n) is 13.5. The fraction of sp³-hybridized carbons (Fsp3) is 0.235. The van der Waals surface area contributed by atoms with Crippen molar-refractivity contribution in [3.05, 3.63) is 47.9 Å². The van der Waals surface area contributed by atoms with Gasteiger partial charge in [-0.2, -0.15) is 18.3 Å². The minimum atomic E-state index is -4.76. The molecule has 8 heteroatoms. The van der Waals surface area contributed by atoms with E-state index in [0.29, 0.717) is 10.8 Å². The Morgan fingerprint density at radius 3 is 2.72 bits per heavy atom. The van der Waals surface area contributed by atoms with Gasteiger partial charge in [0.25, 0.3) is 0 Å². The molecule has 0 saturated carbocycles. The Labute approximate surface area is 141 Å². The summed E-state index contributed by atoms with van der Waals surface area (Å²) < 4.78 is 46.9. The van der Waals surface area contributed by atoms with Gasteiger partial charge in [0.1, 0.15) is 11.3 Å². The second-order valence-electron chi connectivity index (χ2n) is 5.32. The number of esters is 1. The minimum absolute atomic E-state index is 0.0312. The molecule has 0 amide bonds. The summed E-state index contributed by atoms with van der Waals surface area (Å²) in [5, 5.41) is 5.22. The number of rotatable bonds is 3. The maximum absolute atomic E-state index is 13.7. The molecular formula is C17H14F3N3O2. The van der Waals surface area contributed by atoms with Crippen molar-refractivity contribution >= 4 is 16.7 Å². The Morgan fingerprint density at radius 1 is 1.28 bits per heavy atom. The van der Waals surface area contributed by atoms with Gasteiger partial charge in [-0.3, -0.25) is 9.67 Å². The molecule has 0 N–H and O–H groups in total. The lowest BCUT2D eigenvalue weighted by Crippen LogP contribution is -2.17. The number of carbonyl (C=O) groups excluding carboxylic acids is 1. The molecule has 0 radical (unpaired) electrons. The predicted octanol–water partition coefficient (Wildman–Crippen LogP) is 3.83. The summed E-state index contributed by atoms with van der Waals surface area (Å²) >= 11 is 0. The van der Waals surface area contributed by atoms with Gasteiger partial charge in [-0.1, -0.05) is 18.2 Å². The highest BCUT2D eigenvalue weighted by Crippen LogP contribution is 2.41. The number of alkyl halides is 3. The quantitative estimate of drug-likeness (QED) is 0.675. The predicted molar refractivity (Wildman–Crippen MR) is 84.9 cm³/mol. The van der Waals surface area contributed by atoms with Gasteiger partial charge in [0, 0.05) is 30.4 Å². The molecule has 5 nitrogen and oxygen atoms in total. The maximum Gasteiger partial charge on any atom is 0.420 e. The first-order valence-electron chi connectivity index (χ1n) is 7.49. The Hall–Kier alpha value is -2.90. The number of halogens is 3. The average Bonchev–Trinajstić information content (AvgIpc) is 2.92. The summed E-state index contributed by atoms with van der Waals surface area (Å²) in [5.41, 5.74) is -1.75. The van der Waals surface area contributed by atoms with E-state index in [0.717, 1.165) is 4.68 Å². The summed E-state index contributed by atoms with van der Waals surface area (Å²) in [6.07, 6.45) is -1.71. The molecule has 130 valence electrons. The van der Waals surface area contributed by atoms with Crippen LogP contribution in [0.4, 0.5) is 13.2 Å². The number of nitrogens with zero attached hydrogens (tertiary/aromatic N) is 3. The van der Waals surface area contributed by atoms with Crippen molar-refractivity contribution in [2.24, 2.45) is 7.05 Å². The number of benzene rings is 1. The molecule has 0 saturated heterocycles. The molecule has 1 aromatic carbocycles. The average molecular weight is 349 g/mol. The van der Waals surface area contributed by atoms with Crippen LogP contribution >= 0.6 is 0 Å². The number of fused-ring (bicyclic) bond motifs is 1. The first kappa shape index (κ1) is 16.9. The van der Waals surface area contributed by atoms with Crippen LogP contribution in [0.3, 0.4) is 0 Å². The number of carbonyl (C=O) groups is 1. The van der Waals surface area contributed by atoms with Crippen molar-refractivity contribution in [3.63, 3.8) is 0 Å². The molecule has 0 spiro atoms. The molecule has 0 unspecified atom stereocenters. The third kappa shape index (κ3) is 2.95. The minimum Gasteiger partial charge on any atom is -0.461 e. The van der Waals surface area contributed by atoms with Gasteiger partial charge in [-0.05, 0) is 18.4 Å². The number of hydrogen-bond acceptors (Lipinski definition) is 4. The van der Waals surface area contributed by atoms with E-state index >= 15 is 0 Å². The molecule has 3 aromatic rings. The number of ether oxygens (including phenoxy) is 1. The van der Waals surface area contributed by atoms with E-state index in [4.69, 9.17) is 4.74 Å². The first-order chi connectivity index (χ1) is 11.8. The van der Waals surface area contributed by atoms with E-state index in [1.165, 1.54) is 26.2 Å². The van der Waals surface area contributed by atoms with Gasteiger partial charge in [0.15, 0.2) is 5.69 Å². The van der Waals surface area contributed by atoms with Crippen LogP contribution in [0.5, 0.6) is 0 Å². The van der Waals surface area contributed by atoms with Crippen molar-refractivity contribution in [1.82, 2.24) is 14.8 Å². The molecule has 0 aliphatic carbocycles.